The molecule has 0 N–H and O–H groups in total. The third-order valence-electron chi connectivity index (χ3n) is 3.32. The monoisotopic (exact) mass is 296 g/mol. The minimum atomic E-state index is -0.235. The lowest BCUT2D eigenvalue weighted by molar-refractivity contribution is 0.298. The van der Waals surface area contributed by atoms with Gasteiger partial charge in [-0.1, -0.05) is 18.2 Å². The van der Waals surface area contributed by atoms with E-state index in [0.29, 0.717) is 6.61 Å². The second-order valence-corrected chi connectivity index (χ2v) is 4.99. The summed E-state index contributed by atoms with van der Waals surface area (Å²) in [4.78, 5) is 0. The number of rotatable bonds is 6. The molecule has 0 spiro atoms. The summed E-state index contributed by atoms with van der Waals surface area (Å²) in [6.07, 6.45) is 2.81. The molecule has 3 aromatic rings. The molecule has 0 aliphatic carbocycles. The lowest BCUT2D eigenvalue weighted by Gasteiger charge is -2.05. The molecular weight excluding hydrogens is 279 g/mol. The maximum Gasteiger partial charge on any atom is 0.123 e. The molecule has 3 nitrogen and oxygen atoms in total. The highest BCUT2D eigenvalue weighted by Crippen LogP contribution is 2.17. The van der Waals surface area contributed by atoms with Gasteiger partial charge in [-0.25, -0.2) is 4.39 Å². The molecule has 3 rings (SSSR count). The van der Waals surface area contributed by atoms with Gasteiger partial charge in [0.1, 0.15) is 11.6 Å². The van der Waals surface area contributed by atoms with Crippen molar-refractivity contribution in [2.24, 2.45) is 0 Å². The number of para-hydroxylation sites is 1. The van der Waals surface area contributed by atoms with Crippen molar-refractivity contribution in [2.75, 3.05) is 6.61 Å². The first kappa shape index (κ1) is 14.3. The van der Waals surface area contributed by atoms with E-state index in [4.69, 9.17) is 4.74 Å². The maximum absolute atomic E-state index is 12.9. The fraction of sp³-hybridized carbons (Fsp3) is 0.167. The SMILES string of the molecule is Fc1ccc(-c2ccn(CCCOc3ccccc3)n2)cc1. The van der Waals surface area contributed by atoms with Crippen LogP contribution in [0.5, 0.6) is 5.75 Å². The second kappa shape index (κ2) is 6.89. The number of nitrogens with zero attached hydrogens (tertiary/aromatic N) is 2. The van der Waals surface area contributed by atoms with Crippen LogP contribution >= 0.6 is 0 Å². The van der Waals surface area contributed by atoms with Crippen LogP contribution in [0.25, 0.3) is 11.3 Å². The molecule has 0 atom stereocenters. The summed E-state index contributed by atoms with van der Waals surface area (Å²) in [5, 5.41) is 4.49. The van der Waals surface area contributed by atoms with Gasteiger partial charge >= 0.3 is 0 Å². The van der Waals surface area contributed by atoms with E-state index in [1.165, 1.54) is 12.1 Å². The Morgan fingerprint density at radius 3 is 2.50 bits per heavy atom. The Kier molecular flexibility index (Phi) is 4.49. The Morgan fingerprint density at radius 2 is 1.73 bits per heavy atom. The molecule has 0 unspecified atom stereocenters. The molecule has 0 radical (unpaired) electrons. The van der Waals surface area contributed by atoms with Gasteiger partial charge in [-0.3, -0.25) is 4.68 Å². The molecule has 0 fully saturated rings. The van der Waals surface area contributed by atoms with Crippen LogP contribution in [-0.4, -0.2) is 16.4 Å². The molecule has 1 heterocycles. The normalized spacial score (nSPS) is 10.6. The molecule has 0 aliphatic heterocycles. The zero-order chi connectivity index (χ0) is 15.2. The molecule has 0 bridgehead atoms. The Bertz CT molecular complexity index is 707. The Hall–Kier alpha value is -2.62. The number of aromatic nitrogens is 2. The topological polar surface area (TPSA) is 27.1 Å². The third-order valence-corrected chi connectivity index (χ3v) is 3.32. The molecule has 112 valence electrons. The number of hydrogen-bond donors (Lipinski definition) is 0. The third kappa shape index (κ3) is 3.73. The van der Waals surface area contributed by atoms with Crippen LogP contribution in [0.15, 0.2) is 66.9 Å². The van der Waals surface area contributed by atoms with Crippen LogP contribution in [-0.2, 0) is 6.54 Å². The van der Waals surface area contributed by atoms with Gasteiger partial charge in [-0.05, 0) is 42.5 Å². The molecular formula is C18H17FN2O. The molecule has 22 heavy (non-hydrogen) atoms. The van der Waals surface area contributed by atoms with Crippen molar-refractivity contribution in [3.8, 4) is 17.0 Å². The molecule has 0 saturated heterocycles. The van der Waals surface area contributed by atoms with Gasteiger partial charge in [-0.15, -0.1) is 0 Å². The van der Waals surface area contributed by atoms with Gasteiger partial charge in [0.05, 0.1) is 12.3 Å². The molecule has 1 aromatic heterocycles. The van der Waals surface area contributed by atoms with Crippen molar-refractivity contribution >= 4 is 0 Å². The van der Waals surface area contributed by atoms with Gasteiger partial charge in [-0.2, -0.15) is 5.10 Å². The largest absolute Gasteiger partial charge is 0.494 e. The molecule has 0 saturated carbocycles. The van der Waals surface area contributed by atoms with Crippen LogP contribution in [0.2, 0.25) is 0 Å². The minimum Gasteiger partial charge on any atom is -0.494 e. The zero-order valence-corrected chi connectivity index (χ0v) is 12.2. The number of aryl methyl sites for hydroxylation is 1. The lowest BCUT2D eigenvalue weighted by atomic mass is 10.1. The van der Waals surface area contributed by atoms with E-state index in [2.05, 4.69) is 5.10 Å². The fourth-order valence-electron chi connectivity index (χ4n) is 2.19. The highest BCUT2D eigenvalue weighted by molar-refractivity contribution is 5.58. The summed E-state index contributed by atoms with van der Waals surface area (Å²) in [5.41, 5.74) is 1.77. The quantitative estimate of drug-likeness (QED) is 0.639. The first-order chi connectivity index (χ1) is 10.8. The maximum atomic E-state index is 12.9. The minimum absolute atomic E-state index is 0.235. The molecule has 2 aromatic carbocycles. The Labute approximate surface area is 129 Å². The first-order valence-corrected chi connectivity index (χ1v) is 7.28. The molecule has 0 aliphatic rings. The summed E-state index contributed by atoms with van der Waals surface area (Å²) in [6.45, 7) is 1.43. The van der Waals surface area contributed by atoms with Gasteiger partial charge in [0, 0.05) is 24.7 Å². The van der Waals surface area contributed by atoms with E-state index in [9.17, 15) is 4.39 Å². The standard InChI is InChI=1S/C18H17FN2O/c19-16-9-7-15(8-10-16)18-11-13-21(20-18)12-4-14-22-17-5-2-1-3-6-17/h1-3,5-11,13H,4,12,14H2. The predicted octanol–water partition coefficient (Wildman–Crippen LogP) is 4.16. The van der Waals surface area contributed by atoms with Crippen molar-refractivity contribution in [3.05, 3.63) is 72.7 Å². The number of ether oxygens (including phenoxy) is 1. The second-order valence-electron chi connectivity index (χ2n) is 4.99. The summed E-state index contributed by atoms with van der Waals surface area (Å²) in [7, 11) is 0. The van der Waals surface area contributed by atoms with E-state index in [1.807, 2.05) is 47.3 Å². The van der Waals surface area contributed by atoms with Crippen LogP contribution in [0.3, 0.4) is 0 Å². The van der Waals surface area contributed by atoms with Gasteiger partial charge in [0.25, 0.3) is 0 Å². The average Bonchev–Trinajstić information content (AvgIpc) is 3.02. The van der Waals surface area contributed by atoms with Crippen LogP contribution in [0.1, 0.15) is 6.42 Å². The van der Waals surface area contributed by atoms with Crippen LogP contribution in [0.4, 0.5) is 4.39 Å². The smallest absolute Gasteiger partial charge is 0.123 e. The van der Waals surface area contributed by atoms with Gasteiger partial charge in [0.2, 0.25) is 0 Å². The summed E-state index contributed by atoms with van der Waals surface area (Å²) < 4.78 is 20.4. The van der Waals surface area contributed by atoms with E-state index < -0.39 is 0 Å². The van der Waals surface area contributed by atoms with Crippen molar-refractivity contribution < 1.29 is 9.13 Å². The van der Waals surface area contributed by atoms with Crippen molar-refractivity contribution in [2.45, 2.75) is 13.0 Å². The van der Waals surface area contributed by atoms with Gasteiger partial charge < -0.3 is 4.74 Å². The van der Waals surface area contributed by atoms with Crippen molar-refractivity contribution in [3.63, 3.8) is 0 Å². The van der Waals surface area contributed by atoms with Crippen LogP contribution in [0, 0.1) is 5.82 Å². The average molecular weight is 296 g/mol. The van der Waals surface area contributed by atoms with Crippen molar-refractivity contribution in [1.29, 1.82) is 0 Å². The first-order valence-electron chi connectivity index (χ1n) is 7.28. The fourth-order valence-corrected chi connectivity index (χ4v) is 2.19. The van der Waals surface area contributed by atoms with E-state index in [1.54, 1.807) is 12.1 Å². The summed E-state index contributed by atoms with van der Waals surface area (Å²) in [6, 6.07) is 18.1. The zero-order valence-electron chi connectivity index (χ0n) is 12.2. The number of halogens is 1. The van der Waals surface area contributed by atoms with Gasteiger partial charge in [0.15, 0.2) is 0 Å². The van der Waals surface area contributed by atoms with E-state index >= 15 is 0 Å². The summed E-state index contributed by atoms with van der Waals surface area (Å²) in [5.74, 6) is 0.649. The predicted molar refractivity (Wildman–Crippen MR) is 84.2 cm³/mol. The highest BCUT2D eigenvalue weighted by Gasteiger charge is 2.02. The highest BCUT2D eigenvalue weighted by atomic mass is 19.1. The Balaban J connectivity index is 1.50. The molecule has 0 amide bonds. The number of hydrogen-bond acceptors (Lipinski definition) is 2. The van der Waals surface area contributed by atoms with Crippen molar-refractivity contribution in [1.82, 2.24) is 9.78 Å². The summed E-state index contributed by atoms with van der Waals surface area (Å²) >= 11 is 0. The van der Waals surface area contributed by atoms with E-state index in [-0.39, 0.29) is 5.82 Å². The Morgan fingerprint density at radius 1 is 0.955 bits per heavy atom. The number of benzene rings is 2. The molecule has 4 heteroatoms. The van der Waals surface area contributed by atoms with E-state index in [0.717, 1.165) is 30.0 Å². The lowest BCUT2D eigenvalue weighted by Crippen LogP contribution is -2.05. The van der Waals surface area contributed by atoms with Crippen LogP contribution < -0.4 is 4.74 Å².